The van der Waals surface area contributed by atoms with E-state index in [-0.39, 0.29) is 5.91 Å². The number of carbonyl (C=O) groups excluding carboxylic acids is 1. The molecule has 0 spiro atoms. The summed E-state index contributed by atoms with van der Waals surface area (Å²) >= 11 is 0. The van der Waals surface area contributed by atoms with Gasteiger partial charge in [-0.05, 0) is 49.2 Å². The molecule has 3 rings (SSSR count). The smallest absolute Gasteiger partial charge is 0.414 e. The van der Waals surface area contributed by atoms with Crippen LogP contribution < -0.4 is 15.4 Å². The van der Waals surface area contributed by atoms with Crippen LogP contribution in [0.2, 0.25) is 0 Å². The summed E-state index contributed by atoms with van der Waals surface area (Å²) in [4.78, 5) is 30.2. The van der Waals surface area contributed by atoms with E-state index in [4.69, 9.17) is 24.5 Å². The molecular weight excluding hydrogens is 388 g/mol. The van der Waals surface area contributed by atoms with Gasteiger partial charge in [0.25, 0.3) is 0 Å². The number of para-hydroxylation sites is 1. The standard InChI is InChI=1S/C20H24N2O2.C2H2O4/c23-20(15-21-16-7-3-1-4-8-16)22-17-11-13-19(14-12-17)24-18-9-5-2-6-10-18;3-1(4)2(5)6/h2,5-6,9-14,16,21H,1,3-4,7-8,15H2,(H,22,23);(H,3,4)(H,5,6). The summed E-state index contributed by atoms with van der Waals surface area (Å²) in [5, 5.41) is 21.0. The lowest BCUT2D eigenvalue weighted by Crippen LogP contribution is -2.37. The van der Waals surface area contributed by atoms with E-state index in [2.05, 4.69) is 10.6 Å². The predicted molar refractivity (Wildman–Crippen MR) is 112 cm³/mol. The molecule has 0 unspecified atom stereocenters. The number of rotatable bonds is 6. The van der Waals surface area contributed by atoms with E-state index in [9.17, 15) is 4.79 Å². The molecule has 0 aliphatic heterocycles. The first-order chi connectivity index (χ1) is 14.4. The number of carboxylic acid groups (broad SMARTS) is 2. The van der Waals surface area contributed by atoms with Crippen molar-refractivity contribution in [2.24, 2.45) is 0 Å². The van der Waals surface area contributed by atoms with Gasteiger partial charge in [0, 0.05) is 11.7 Å². The number of aliphatic carboxylic acids is 2. The zero-order valence-corrected chi connectivity index (χ0v) is 16.5. The van der Waals surface area contributed by atoms with E-state index in [0.29, 0.717) is 12.6 Å². The lowest BCUT2D eigenvalue weighted by Gasteiger charge is -2.22. The maximum absolute atomic E-state index is 12.0. The molecule has 30 heavy (non-hydrogen) atoms. The van der Waals surface area contributed by atoms with E-state index >= 15 is 0 Å². The van der Waals surface area contributed by atoms with E-state index in [1.54, 1.807) is 0 Å². The van der Waals surface area contributed by atoms with Gasteiger partial charge in [-0.2, -0.15) is 0 Å². The van der Waals surface area contributed by atoms with Crippen LogP contribution in [0, 0.1) is 0 Å². The number of amides is 1. The topological polar surface area (TPSA) is 125 Å². The number of carbonyl (C=O) groups is 3. The second-order valence-electron chi connectivity index (χ2n) is 6.81. The second kappa shape index (κ2) is 12.2. The van der Waals surface area contributed by atoms with Crippen LogP contribution in [-0.2, 0) is 14.4 Å². The van der Waals surface area contributed by atoms with Crippen LogP contribution in [-0.4, -0.2) is 40.6 Å². The molecule has 2 aromatic rings. The zero-order valence-electron chi connectivity index (χ0n) is 16.5. The SMILES string of the molecule is O=C(CNC1CCCCC1)Nc1ccc(Oc2ccccc2)cc1.O=C(O)C(=O)O. The largest absolute Gasteiger partial charge is 0.473 e. The third kappa shape index (κ3) is 8.74. The fourth-order valence-electron chi connectivity index (χ4n) is 2.98. The van der Waals surface area contributed by atoms with Crippen LogP contribution in [0.5, 0.6) is 11.5 Å². The zero-order chi connectivity index (χ0) is 21.8. The van der Waals surface area contributed by atoms with Crippen molar-refractivity contribution in [2.45, 2.75) is 38.1 Å². The number of anilines is 1. The number of hydrogen-bond acceptors (Lipinski definition) is 5. The molecule has 1 aliphatic carbocycles. The second-order valence-corrected chi connectivity index (χ2v) is 6.81. The lowest BCUT2D eigenvalue weighted by molar-refractivity contribution is -0.159. The number of hydrogen-bond donors (Lipinski definition) is 4. The molecule has 0 heterocycles. The van der Waals surface area contributed by atoms with Crippen LogP contribution in [0.25, 0.3) is 0 Å². The summed E-state index contributed by atoms with van der Waals surface area (Å²) in [5.74, 6) is -2.10. The van der Waals surface area contributed by atoms with Crippen LogP contribution in [0.15, 0.2) is 54.6 Å². The third-order valence-electron chi connectivity index (χ3n) is 4.46. The average Bonchev–Trinajstić information content (AvgIpc) is 2.75. The van der Waals surface area contributed by atoms with Crippen molar-refractivity contribution in [1.82, 2.24) is 5.32 Å². The van der Waals surface area contributed by atoms with Crippen molar-refractivity contribution < 1.29 is 29.3 Å². The molecule has 0 aromatic heterocycles. The molecule has 0 radical (unpaired) electrons. The van der Waals surface area contributed by atoms with Crippen molar-refractivity contribution in [3.63, 3.8) is 0 Å². The van der Waals surface area contributed by atoms with Crippen molar-refractivity contribution in [1.29, 1.82) is 0 Å². The lowest BCUT2D eigenvalue weighted by atomic mass is 9.95. The van der Waals surface area contributed by atoms with Crippen molar-refractivity contribution in [3.8, 4) is 11.5 Å². The molecule has 0 atom stereocenters. The van der Waals surface area contributed by atoms with Crippen molar-refractivity contribution >= 4 is 23.5 Å². The average molecular weight is 414 g/mol. The van der Waals surface area contributed by atoms with Gasteiger partial charge in [-0.1, -0.05) is 37.5 Å². The molecule has 1 fully saturated rings. The van der Waals surface area contributed by atoms with E-state index < -0.39 is 11.9 Å². The fourth-order valence-corrected chi connectivity index (χ4v) is 2.98. The summed E-state index contributed by atoms with van der Waals surface area (Å²) in [6.45, 7) is 0.368. The van der Waals surface area contributed by atoms with Crippen molar-refractivity contribution in [3.05, 3.63) is 54.6 Å². The summed E-state index contributed by atoms with van der Waals surface area (Å²) in [7, 11) is 0. The normalized spacial score (nSPS) is 13.5. The molecule has 8 nitrogen and oxygen atoms in total. The number of benzene rings is 2. The predicted octanol–water partition coefficient (Wildman–Crippen LogP) is 3.50. The van der Waals surface area contributed by atoms with Gasteiger partial charge in [-0.25, -0.2) is 9.59 Å². The Morgan fingerprint density at radius 3 is 1.97 bits per heavy atom. The van der Waals surface area contributed by atoms with Gasteiger partial charge in [-0.3, -0.25) is 4.79 Å². The highest BCUT2D eigenvalue weighted by Gasteiger charge is 2.13. The number of ether oxygens (including phenoxy) is 1. The first kappa shape index (κ1) is 22.9. The van der Waals surface area contributed by atoms with Gasteiger partial charge in [0.05, 0.1) is 6.54 Å². The van der Waals surface area contributed by atoms with Gasteiger partial charge in [0.1, 0.15) is 11.5 Å². The summed E-state index contributed by atoms with van der Waals surface area (Å²) in [5.41, 5.74) is 0.783. The van der Waals surface area contributed by atoms with Gasteiger partial charge in [-0.15, -0.1) is 0 Å². The maximum Gasteiger partial charge on any atom is 0.414 e. The highest BCUT2D eigenvalue weighted by Crippen LogP contribution is 2.22. The summed E-state index contributed by atoms with van der Waals surface area (Å²) < 4.78 is 5.74. The minimum atomic E-state index is -1.82. The van der Waals surface area contributed by atoms with Gasteiger partial charge >= 0.3 is 11.9 Å². The molecule has 1 aliphatic rings. The maximum atomic E-state index is 12.0. The Bertz CT molecular complexity index is 805. The number of nitrogens with one attached hydrogen (secondary N) is 2. The molecule has 4 N–H and O–H groups in total. The first-order valence-corrected chi connectivity index (χ1v) is 9.76. The minimum Gasteiger partial charge on any atom is -0.473 e. The highest BCUT2D eigenvalue weighted by molar-refractivity contribution is 6.27. The third-order valence-corrected chi connectivity index (χ3v) is 4.46. The Labute approximate surface area is 174 Å². The van der Waals surface area contributed by atoms with Crippen molar-refractivity contribution in [2.75, 3.05) is 11.9 Å². The molecule has 0 bridgehead atoms. The molecule has 2 aromatic carbocycles. The van der Waals surface area contributed by atoms with Crippen LogP contribution in [0.1, 0.15) is 32.1 Å². The summed E-state index contributed by atoms with van der Waals surface area (Å²) in [6.07, 6.45) is 6.21. The monoisotopic (exact) mass is 414 g/mol. The molecule has 160 valence electrons. The molecule has 8 heteroatoms. The van der Waals surface area contributed by atoms with Crippen LogP contribution >= 0.6 is 0 Å². The van der Waals surface area contributed by atoms with Gasteiger partial charge in [0.2, 0.25) is 5.91 Å². The minimum absolute atomic E-state index is 0.00250. The number of carboxylic acids is 2. The molecule has 1 amide bonds. The van der Waals surface area contributed by atoms with Crippen LogP contribution in [0.3, 0.4) is 0 Å². The van der Waals surface area contributed by atoms with E-state index in [0.717, 1.165) is 17.2 Å². The Morgan fingerprint density at radius 1 is 0.833 bits per heavy atom. The molecule has 1 saturated carbocycles. The Balaban J connectivity index is 0.000000469. The van der Waals surface area contributed by atoms with E-state index in [1.165, 1.54) is 32.1 Å². The first-order valence-electron chi connectivity index (χ1n) is 9.76. The van der Waals surface area contributed by atoms with Gasteiger partial charge in [0.15, 0.2) is 0 Å². The fraction of sp³-hybridized carbons (Fsp3) is 0.318. The molecule has 0 saturated heterocycles. The Morgan fingerprint density at radius 2 is 1.40 bits per heavy atom. The van der Waals surface area contributed by atoms with E-state index in [1.807, 2.05) is 54.6 Å². The van der Waals surface area contributed by atoms with Gasteiger partial charge < -0.3 is 25.6 Å². The molecular formula is C22H26N2O6. The Kier molecular flexibility index (Phi) is 9.33. The summed E-state index contributed by atoms with van der Waals surface area (Å²) in [6, 6.07) is 17.6. The Hall–Kier alpha value is -3.39. The highest BCUT2D eigenvalue weighted by atomic mass is 16.5. The quantitative estimate of drug-likeness (QED) is 0.533. The van der Waals surface area contributed by atoms with Crippen LogP contribution in [0.4, 0.5) is 5.69 Å².